The molecule has 2 fully saturated rings. The van der Waals surface area contributed by atoms with Crippen molar-refractivity contribution in [2.45, 2.75) is 68.7 Å². The van der Waals surface area contributed by atoms with Gasteiger partial charge in [0.2, 0.25) is 15.9 Å². The van der Waals surface area contributed by atoms with Crippen molar-refractivity contribution in [1.29, 1.82) is 0 Å². The topological polar surface area (TPSA) is 138 Å². The van der Waals surface area contributed by atoms with Gasteiger partial charge in [-0.3, -0.25) is 14.7 Å². The van der Waals surface area contributed by atoms with Crippen LogP contribution in [0.15, 0.2) is 52.1 Å². The highest BCUT2D eigenvalue weighted by Gasteiger charge is 2.47. The zero-order chi connectivity index (χ0) is 28.8. The lowest BCUT2D eigenvalue weighted by Crippen LogP contribution is -2.59. The maximum atomic E-state index is 13.9. The number of hydrogen-bond donors (Lipinski definition) is 2. The number of aliphatic hydroxyl groups is 1. The molecule has 3 aliphatic rings. The highest BCUT2D eigenvalue weighted by molar-refractivity contribution is 7.89. The molecule has 2 N–H and O–H groups in total. The molecule has 1 spiro atoms. The van der Waals surface area contributed by atoms with Crippen LogP contribution in [-0.4, -0.2) is 82.7 Å². The fourth-order valence-electron chi connectivity index (χ4n) is 6.19. The van der Waals surface area contributed by atoms with Crippen LogP contribution in [0.1, 0.15) is 42.7 Å². The van der Waals surface area contributed by atoms with Crippen LogP contribution in [0.25, 0.3) is 11.1 Å². The number of aromatic nitrogens is 2. The summed E-state index contributed by atoms with van der Waals surface area (Å²) in [6.07, 6.45) is 4.37. The van der Waals surface area contributed by atoms with Crippen molar-refractivity contribution in [3.8, 4) is 16.9 Å². The molecule has 0 saturated carbocycles. The molecule has 41 heavy (non-hydrogen) atoms. The molecule has 0 unspecified atom stereocenters. The fourth-order valence-corrected chi connectivity index (χ4v) is 7.94. The van der Waals surface area contributed by atoms with Crippen LogP contribution in [0.2, 0.25) is 0 Å². The van der Waals surface area contributed by atoms with Crippen molar-refractivity contribution in [3.63, 3.8) is 0 Å². The number of nitrogens with zero attached hydrogens (tertiary/aromatic N) is 4. The minimum atomic E-state index is -4.14. The van der Waals surface area contributed by atoms with Gasteiger partial charge >= 0.3 is 0 Å². The predicted molar refractivity (Wildman–Crippen MR) is 149 cm³/mol. The molecule has 5 heterocycles. The van der Waals surface area contributed by atoms with E-state index in [1.165, 1.54) is 6.07 Å². The Morgan fingerprint density at radius 2 is 1.95 bits per heavy atom. The van der Waals surface area contributed by atoms with Crippen LogP contribution < -0.4 is 10.1 Å². The predicted octanol–water partition coefficient (Wildman–Crippen LogP) is 2.41. The zero-order valence-corrected chi connectivity index (χ0v) is 24.1. The summed E-state index contributed by atoms with van der Waals surface area (Å²) >= 11 is 0. The molecule has 6 rings (SSSR count). The summed E-state index contributed by atoms with van der Waals surface area (Å²) in [7, 11) is -4.14. The van der Waals surface area contributed by atoms with Crippen molar-refractivity contribution in [2.24, 2.45) is 0 Å². The van der Waals surface area contributed by atoms with E-state index in [0.717, 1.165) is 45.5 Å². The third-order valence-corrected chi connectivity index (χ3v) is 10.6. The molecule has 2 atom stereocenters. The molecule has 0 bridgehead atoms. The smallest absolute Gasteiger partial charge is 0.247 e. The van der Waals surface area contributed by atoms with E-state index in [1.54, 1.807) is 24.5 Å². The number of aliphatic hydroxyl groups excluding tert-OH is 1. The molecule has 0 radical (unpaired) electrons. The monoisotopic (exact) mass is 581 g/mol. The van der Waals surface area contributed by atoms with Gasteiger partial charge in [-0.15, -0.1) is 0 Å². The maximum Gasteiger partial charge on any atom is 0.247 e. The van der Waals surface area contributed by atoms with E-state index in [9.17, 15) is 18.3 Å². The van der Waals surface area contributed by atoms with Gasteiger partial charge in [-0.05, 0) is 50.5 Å². The number of amides is 1. The van der Waals surface area contributed by atoms with Gasteiger partial charge in [0.15, 0.2) is 0 Å². The van der Waals surface area contributed by atoms with E-state index in [-0.39, 0.29) is 36.1 Å². The van der Waals surface area contributed by atoms with Crippen molar-refractivity contribution in [1.82, 2.24) is 24.7 Å². The molecular formula is C29H35N5O6S. The Hall–Kier alpha value is -3.32. The fraction of sp³-hybridized carbons (Fsp3) is 0.483. The molecule has 1 aromatic carbocycles. The van der Waals surface area contributed by atoms with Crippen LogP contribution in [0.4, 0.5) is 0 Å². The first-order chi connectivity index (χ1) is 19.6. The summed E-state index contributed by atoms with van der Waals surface area (Å²) in [5, 5.41) is 17.8. The van der Waals surface area contributed by atoms with Crippen molar-refractivity contribution in [2.75, 3.05) is 26.2 Å². The van der Waals surface area contributed by atoms with E-state index >= 15 is 0 Å². The molecule has 2 aromatic heterocycles. The van der Waals surface area contributed by atoms with Gasteiger partial charge in [0.1, 0.15) is 22.4 Å². The summed E-state index contributed by atoms with van der Waals surface area (Å²) in [6.45, 7) is 6.12. The number of ether oxygens (including phenoxy) is 1. The van der Waals surface area contributed by atoms with Crippen LogP contribution >= 0.6 is 0 Å². The zero-order valence-electron chi connectivity index (χ0n) is 23.2. The van der Waals surface area contributed by atoms with E-state index in [1.807, 2.05) is 26.0 Å². The molecular weight excluding hydrogens is 546 g/mol. The second-order valence-electron chi connectivity index (χ2n) is 11.3. The van der Waals surface area contributed by atoms with Crippen LogP contribution in [0, 0.1) is 13.8 Å². The lowest BCUT2D eigenvalue weighted by Gasteiger charge is -2.43. The molecule has 1 amide bonds. The number of piperidine rings is 1. The van der Waals surface area contributed by atoms with Gasteiger partial charge in [0, 0.05) is 68.1 Å². The summed E-state index contributed by atoms with van der Waals surface area (Å²) in [5.74, 6) is 0.663. The number of carbonyl (C=O) groups excluding carboxylic acids is 1. The van der Waals surface area contributed by atoms with E-state index in [2.05, 4.69) is 20.4 Å². The normalized spacial score (nSPS) is 24.6. The lowest BCUT2D eigenvalue weighted by molar-refractivity contribution is -0.127. The van der Waals surface area contributed by atoms with Gasteiger partial charge in [-0.1, -0.05) is 17.3 Å². The van der Waals surface area contributed by atoms with Gasteiger partial charge in [-0.25, -0.2) is 8.42 Å². The Balaban J connectivity index is 1.31. The summed E-state index contributed by atoms with van der Waals surface area (Å²) < 4.78 is 40.5. The molecule has 3 aromatic rings. The van der Waals surface area contributed by atoms with Crippen LogP contribution in [0.3, 0.4) is 0 Å². The quantitative estimate of drug-likeness (QED) is 0.478. The van der Waals surface area contributed by atoms with Crippen molar-refractivity contribution >= 4 is 15.9 Å². The van der Waals surface area contributed by atoms with Gasteiger partial charge in [0.25, 0.3) is 0 Å². The number of likely N-dealkylation sites (tertiary alicyclic amines) is 1. The number of sulfonamides is 1. The Labute approximate surface area is 239 Å². The Morgan fingerprint density at radius 1 is 1.15 bits per heavy atom. The average molecular weight is 582 g/mol. The first kappa shape index (κ1) is 27.8. The largest absolute Gasteiger partial charge is 0.492 e. The van der Waals surface area contributed by atoms with Crippen LogP contribution in [0.5, 0.6) is 5.75 Å². The summed E-state index contributed by atoms with van der Waals surface area (Å²) in [5.41, 5.74) is 3.00. The Bertz CT molecular complexity index is 1510. The Kier molecular flexibility index (Phi) is 7.35. The van der Waals surface area contributed by atoms with Crippen molar-refractivity contribution in [3.05, 3.63) is 59.7 Å². The minimum Gasteiger partial charge on any atom is -0.492 e. The van der Waals surface area contributed by atoms with E-state index in [0.29, 0.717) is 25.8 Å². The maximum absolute atomic E-state index is 13.9. The lowest BCUT2D eigenvalue weighted by atomic mass is 9.84. The van der Waals surface area contributed by atoms with E-state index in [4.69, 9.17) is 9.26 Å². The summed E-state index contributed by atoms with van der Waals surface area (Å²) in [6, 6.07) is 7.67. The molecule has 11 nitrogen and oxygen atoms in total. The second-order valence-corrected chi connectivity index (χ2v) is 13.2. The molecule has 0 aliphatic carbocycles. The first-order valence-corrected chi connectivity index (χ1v) is 15.4. The molecule has 2 saturated heterocycles. The number of benzene rings is 1. The number of hydrogen-bond acceptors (Lipinski definition) is 9. The highest BCUT2D eigenvalue weighted by atomic mass is 32.2. The highest BCUT2D eigenvalue weighted by Crippen LogP contribution is 2.37. The molecule has 12 heteroatoms. The SMILES string of the molecule is Cc1noc(C)c1CN1CCC2(CCOc3cc(-c4cccnc4)ccc3S(=O)(=O)N3C[C@H](O)C[C@H]3C(=O)N2)CC1. The third kappa shape index (κ3) is 5.36. The van der Waals surface area contributed by atoms with Gasteiger partial charge in [-0.2, -0.15) is 4.31 Å². The molecule has 3 aliphatic heterocycles. The Morgan fingerprint density at radius 3 is 2.66 bits per heavy atom. The first-order valence-electron chi connectivity index (χ1n) is 14.0. The van der Waals surface area contributed by atoms with Gasteiger partial charge in [0.05, 0.1) is 18.4 Å². The standard InChI is InChI=1S/C29H35N5O6S/c1-19-24(20(2)40-32-19)18-33-11-7-29(8-12-33)9-13-39-26-14-21(22-4-3-10-30-16-22)5-6-27(26)41(37,38)34-17-23(35)15-25(34)28(36)31-29/h3-6,10,14,16,23,25,35H,7-9,11-13,15,17-18H2,1-2H3,(H,31,36)/t23-,25+/m1/s1. The number of carbonyl (C=O) groups is 1. The number of nitrogens with one attached hydrogen (secondary N) is 1. The van der Waals surface area contributed by atoms with E-state index < -0.39 is 27.7 Å². The second kappa shape index (κ2) is 10.8. The number of rotatable bonds is 3. The number of fused-ring (bicyclic) bond motifs is 2. The molecule has 218 valence electrons. The third-order valence-electron chi connectivity index (χ3n) is 8.66. The average Bonchev–Trinajstić information content (AvgIpc) is 3.52. The van der Waals surface area contributed by atoms with Crippen molar-refractivity contribution < 1.29 is 27.6 Å². The van der Waals surface area contributed by atoms with Crippen LogP contribution in [-0.2, 0) is 21.4 Å². The number of pyridine rings is 1. The summed E-state index contributed by atoms with van der Waals surface area (Å²) in [4.78, 5) is 20.2. The minimum absolute atomic E-state index is 0.0118. The van der Waals surface area contributed by atoms with Gasteiger partial charge < -0.3 is 19.7 Å². The number of aryl methyl sites for hydroxylation is 2.